The second kappa shape index (κ2) is 8.13. The Morgan fingerprint density at radius 2 is 1.43 bits per heavy atom. The molecule has 4 heteroatoms. The van der Waals surface area contributed by atoms with Crippen LogP contribution in [0.25, 0.3) is 0 Å². The first-order valence-corrected chi connectivity index (χ1v) is 7.76. The van der Waals surface area contributed by atoms with Crippen molar-refractivity contribution >= 4 is 11.8 Å². The Balaban J connectivity index is 2.14. The zero-order valence-corrected chi connectivity index (χ0v) is 13.5. The van der Waals surface area contributed by atoms with E-state index >= 15 is 0 Å². The summed E-state index contributed by atoms with van der Waals surface area (Å²) in [6.07, 6.45) is 0.209. The maximum absolute atomic E-state index is 12.4. The highest BCUT2D eigenvalue weighted by molar-refractivity contribution is 5.94. The predicted octanol–water partition coefficient (Wildman–Crippen LogP) is 3.07. The molecule has 1 atom stereocenters. The summed E-state index contributed by atoms with van der Waals surface area (Å²) in [5, 5.41) is 5.82. The Kier molecular flexibility index (Phi) is 5.92. The van der Waals surface area contributed by atoms with Crippen molar-refractivity contribution in [3.8, 4) is 0 Å². The van der Waals surface area contributed by atoms with Gasteiger partial charge in [-0.05, 0) is 31.5 Å². The normalized spacial score (nSPS) is 11.8. The second-order valence-electron chi connectivity index (χ2n) is 5.73. The van der Waals surface area contributed by atoms with Crippen LogP contribution in [0.1, 0.15) is 42.2 Å². The van der Waals surface area contributed by atoms with Crippen LogP contribution in [0.4, 0.5) is 0 Å². The molecular weight excluding hydrogens is 288 g/mol. The summed E-state index contributed by atoms with van der Waals surface area (Å²) in [7, 11) is 0. The smallest absolute Gasteiger partial charge is 0.251 e. The highest BCUT2D eigenvalue weighted by atomic mass is 16.2. The molecule has 2 amide bonds. The number of carbonyl (C=O) groups excluding carboxylic acids is 2. The Morgan fingerprint density at radius 3 is 2.00 bits per heavy atom. The lowest BCUT2D eigenvalue weighted by molar-refractivity contribution is -0.122. The highest BCUT2D eigenvalue weighted by Crippen LogP contribution is 2.17. The molecule has 4 nitrogen and oxygen atoms in total. The van der Waals surface area contributed by atoms with E-state index in [0.717, 1.165) is 5.56 Å². The van der Waals surface area contributed by atoms with Crippen molar-refractivity contribution in [2.24, 2.45) is 0 Å². The number of benzene rings is 2. The molecule has 0 aromatic heterocycles. The van der Waals surface area contributed by atoms with Crippen LogP contribution >= 0.6 is 0 Å². The van der Waals surface area contributed by atoms with E-state index in [4.69, 9.17) is 0 Å². The average molecular weight is 310 g/mol. The number of carbonyl (C=O) groups is 2. The van der Waals surface area contributed by atoms with E-state index in [1.807, 2.05) is 62.4 Å². The summed E-state index contributed by atoms with van der Waals surface area (Å²) in [6.45, 7) is 3.83. The molecule has 2 aromatic rings. The van der Waals surface area contributed by atoms with E-state index in [9.17, 15) is 9.59 Å². The Bertz CT molecular complexity index is 639. The van der Waals surface area contributed by atoms with Gasteiger partial charge in [0.1, 0.15) is 0 Å². The Morgan fingerprint density at radius 1 is 0.870 bits per heavy atom. The SMILES string of the molecule is CC(C)NC(=O)C[C@@H](NC(=O)c1ccccc1)c1ccccc1. The molecule has 0 bridgehead atoms. The van der Waals surface area contributed by atoms with E-state index in [0.29, 0.717) is 5.56 Å². The molecule has 0 saturated heterocycles. The maximum Gasteiger partial charge on any atom is 0.251 e. The van der Waals surface area contributed by atoms with E-state index in [1.165, 1.54) is 0 Å². The first-order chi connectivity index (χ1) is 11.1. The lowest BCUT2D eigenvalue weighted by Gasteiger charge is -2.20. The van der Waals surface area contributed by atoms with Crippen molar-refractivity contribution in [1.29, 1.82) is 0 Å². The van der Waals surface area contributed by atoms with Crippen LogP contribution < -0.4 is 10.6 Å². The summed E-state index contributed by atoms with van der Waals surface area (Å²) in [5.41, 5.74) is 1.49. The third-order valence-electron chi connectivity index (χ3n) is 3.38. The second-order valence-corrected chi connectivity index (χ2v) is 5.73. The molecule has 2 rings (SSSR count). The van der Waals surface area contributed by atoms with Crippen molar-refractivity contribution in [1.82, 2.24) is 10.6 Å². The van der Waals surface area contributed by atoms with Gasteiger partial charge in [-0.15, -0.1) is 0 Å². The van der Waals surface area contributed by atoms with Gasteiger partial charge in [-0.3, -0.25) is 9.59 Å². The Hall–Kier alpha value is -2.62. The fourth-order valence-electron chi connectivity index (χ4n) is 2.33. The molecule has 0 aliphatic rings. The summed E-state index contributed by atoms with van der Waals surface area (Å²) < 4.78 is 0. The van der Waals surface area contributed by atoms with Crippen LogP contribution in [-0.2, 0) is 4.79 Å². The first kappa shape index (κ1) is 16.7. The van der Waals surface area contributed by atoms with Gasteiger partial charge in [-0.2, -0.15) is 0 Å². The van der Waals surface area contributed by atoms with Gasteiger partial charge in [-0.25, -0.2) is 0 Å². The van der Waals surface area contributed by atoms with Gasteiger partial charge in [0.2, 0.25) is 5.91 Å². The molecule has 0 saturated carbocycles. The van der Waals surface area contributed by atoms with Gasteiger partial charge in [0.25, 0.3) is 5.91 Å². The fraction of sp³-hybridized carbons (Fsp3) is 0.263. The lowest BCUT2D eigenvalue weighted by Crippen LogP contribution is -2.36. The average Bonchev–Trinajstić information content (AvgIpc) is 2.55. The van der Waals surface area contributed by atoms with Crippen LogP contribution in [0.2, 0.25) is 0 Å². The summed E-state index contributed by atoms with van der Waals surface area (Å²) in [4.78, 5) is 24.5. The predicted molar refractivity (Wildman–Crippen MR) is 91.0 cm³/mol. The van der Waals surface area contributed by atoms with Gasteiger partial charge in [0.15, 0.2) is 0 Å². The number of hydrogen-bond acceptors (Lipinski definition) is 2. The molecular formula is C19H22N2O2. The molecule has 0 aliphatic heterocycles. The van der Waals surface area contributed by atoms with Crippen molar-refractivity contribution in [3.05, 3.63) is 71.8 Å². The van der Waals surface area contributed by atoms with Crippen LogP contribution in [0, 0.1) is 0 Å². The van der Waals surface area contributed by atoms with Crippen molar-refractivity contribution in [2.45, 2.75) is 32.4 Å². The number of nitrogens with one attached hydrogen (secondary N) is 2. The summed E-state index contributed by atoms with van der Waals surface area (Å²) in [6, 6.07) is 18.3. The number of amides is 2. The zero-order chi connectivity index (χ0) is 16.7. The van der Waals surface area contributed by atoms with Crippen molar-refractivity contribution < 1.29 is 9.59 Å². The van der Waals surface area contributed by atoms with Gasteiger partial charge < -0.3 is 10.6 Å². The number of hydrogen-bond donors (Lipinski definition) is 2. The van der Waals surface area contributed by atoms with Gasteiger partial charge >= 0.3 is 0 Å². The largest absolute Gasteiger partial charge is 0.354 e. The zero-order valence-electron chi connectivity index (χ0n) is 13.5. The summed E-state index contributed by atoms with van der Waals surface area (Å²) >= 11 is 0. The van der Waals surface area contributed by atoms with Gasteiger partial charge in [-0.1, -0.05) is 48.5 Å². The quantitative estimate of drug-likeness (QED) is 0.861. The number of rotatable bonds is 6. The third kappa shape index (κ3) is 5.25. The van der Waals surface area contributed by atoms with E-state index in [1.54, 1.807) is 12.1 Å². The molecule has 23 heavy (non-hydrogen) atoms. The van der Waals surface area contributed by atoms with Gasteiger partial charge in [0, 0.05) is 11.6 Å². The minimum Gasteiger partial charge on any atom is -0.354 e. The minimum absolute atomic E-state index is 0.0729. The molecule has 0 spiro atoms. The molecule has 0 heterocycles. The van der Waals surface area contributed by atoms with Gasteiger partial charge in [0.05, 0.1) is 12.5 Å². The summed E-state index contributed by atoms with van der Waals surface area (Å²) in [5.74, 6) is -0.265. The molecule has 0 aliphatic carbocycles. The fourth-order valence-corrected chi connectivity index (χ4v) is 2.33. The maximum atomic E-state index is 12.4. The molecule has 0 fully saturated rings. The van der Waals surface area contributed by atoms with Crippen LogP contribution in [0.15, 0.2) is 60.7 Å². The van der Waals surface area contributed by atoms with Crippen molar-refractivity contribution in [3.63, 3.8) is 0 Å². The first-order valence-electron chi connectivity index (χ1n) is 7.76. The minimum atomic E-state index is -0.359. The third-order valence-corrected chi connectivity index (χ3v) is 3.38. The molecule has 0 radical (unpaired) electrons. The van der Waals surface area contributed by atoms with E-state index in [-0.39, 0.29) is 30.3 Å². The van der Waals surface area contributed by atoms with E-state index < -0.39 is 0 Å². The van der Waals surface area contributed by atoms with Crippen LogP contribution in [0.3, 0.4) is 0 Å². The Labute approximate surface area is 136 Å². The van der Waals surface area contributed by atoms with Crippen LogP contribution in [0.5, 0.6) is 0 Å². The highest BCUT2D eigenvalue weighted by Gasteiger charge is 2.19. The van der Waals surface area contributed by atoms with Crippen molar-refractivity contribution in [2.75, 3.05) is 0 Å². The lowest BCUT2D eigenvalue weighted by atomic mass is 10.0. The standard InChI is InChI=1S/C19H22N2O2/c1-14(2)20-18(22)13-17(15-9-5-3-6-10-15)21-19(23)16-11-7-4-8-12-16/h3-12,14,17H,13H2,1-2H3,(H,20,22)(H,21,23)/t17-/m1/s1. The molecule has 0 unspecified atom stereocenters. The molecule has 2 aromatic carbocycles. The monoisotopic (exact) mass is 310 g/mol. The van der Waals surface area contributed by atoms with Crippen LogP contribution in [-0.4, -0.2) is 17.9 Å². The van der Waals surface area contributed by atoms with E-state index in [2.05, 4.69) is 10.6 Å². The topological polar surface area (TPSA) is 58.2 Å². The molecule has 2 N–H and O–H groups in total. The molecule has 120 valence electrons.